The summed E-state index contributed by atoms with van der Waals surface area (Å²) in [5.74, 6) is -0.451. The molecule has 2 N–H and O–H groups in total. The van der Waals surface area contributed by atoms with Gasteiger partial charge in [0, 0.05) is 23.5 Å². The predicted octanol–water partition coefficient (Wildman–Crippen LogP) is 3.21. The smallest absolute Gasteiger partial charge is 0.354 e. The molecule has 0 fully saturated rings. The fourth-order valence-corrected chi connectivity index (χ4v) is 2.19. The molecule has 1 heterocycles. The van der Waals surface area contributed by atoms with Gasteiger partial charge in [0.25, 0.3) is 0 Å². The highest BCUT2D eigenvalue weighted by atomic mass is 35.5. The summed E-state index contributed by atoms with van der Waals surface area (Å²) < 4.78 is 6.38. The van der Waals surface area contributed by atoms with E-state index in [0.717, 1.165) is 5.56 Å². The molecule has 0 bridgehead atoms. The van der Waals surface area contributed by atoms with E-state index in [0.29, 0.717) is 28.0 Å². The van der Waals surface area contributed by atoms with Crippen LogP contribution in [-0.4, -0.2) is 17.6 Å². The standard InChI is InChI=1S/C13H12Cl2N2O2/c1-19-13(18)12-5-10(15)7-17(12)6-8-4-9(14)2-3-11(8)16/h2-5,7H,6,16H2,1H3. The van der Waals surface area contributed by atoms with Crippen LogP contribution in [-0.2, 0) is 11.3 Å². The predicted molar refractivity (Wildman–Crippen MR) is 75.7 cm³/mol. The van der Waals surface area contributed by atoms with Gasteiger partial charge < -0.3 is 15.0 Å². The highest BCUT2D eigenvalue weighted by Crippen LogP contribution is 2.22. The van der Waals surface area contributed by atoms with E-state index >= 15 is 0 Å². The molecule has 0 unspecified atom stereocenters. The molecule has 100 valence electrons. The van der Waals surface area contributed by atoms with Crippen molar-refractivity contribution >= 4 is 34.9 Å². The zero-order valence-corrected chi connectivity index (χ0v) is 11.7. The molecule has 0 spiro atoms. The second kappa shape index (κ2) is 5.55. The maximum Gasteiger partial charge on any atom is 0.354 e. The van der Waals surface area contributed by atoms with Crippen LogP contribution < -0.4 is 5.73 Å². The van der Waals surface area contributed by atoms with Crippen LogP contribution >= 0.6 is 23.2 Å². The SMILES string of the molecule is COC(=O)c1cc(Cl)cn1Cc1cc(Cl)ccc1N. The molecule has 1 aromatic carbocycles. The van der Waals surface area contributed by atoms with Crippen LogP contribution in [0.4, 0.5) is 5.69 Å². The molecule has 1 aromatic heterocycles. The maximum absolute atomic E-state index is 11.6. The van der Waals surface area contributed by atoms with Crippen molar-refractivity contribution in [2.45, 2.75) is 6.54 Å². The lowest BCUT2D eigenvalue weighted by Crippen LogP contribution is -2.11. The molecule has 0 radical (unpaired) electrons. The van der Waals surface area contributed by atoms with Gasteiger partial charge in [0.2, 0.25) is 0 Å². The molecule has 4 nitrogen and oxygen atoms in total. The number of rotatable bonds is 3. The highest BCUT2D eigenvalue weighted by Gasteiger charge is 2.14. The normalized spacial score (nSPS) is 10.5. The third-order valence-electron chi connectivity index (χ3n) is 2.70. The Morgan fingerprint density at radius 2 is 2.05 bits per heavy atom. The molecule has 0 atom stereocenters. The van der Waals surface area contributed by atoms with Gasteiger partial charge in [-0.15, -0.1) is 0 Å². The molecule has 0 aliphatic heterocycles. The van der Waals surface area contributed by atoms with Gasteiger partial charge in [0.15, 0.2) is 0 Å². The summed E-state index contributed by atoms with van der Waals surface area (Å²) in [5.41, 5.74) is 7.66. The van der Waals surface area contributed by atoms with Gasteiger partial charge in [-0.3, -0.25) is 0 Å². The van der Waals surface area contributed by atoms with Crippen molar-refractivity contribution in [1.29, 1.82) is 0 Å². The lowest BCUT2D eigenvalue weighted by atomic mass is 10.2. The molecule has 2 rings (SSSR count). The van der Waals surface area contributed by atoms with E-state index in [9.17, 15) is 4.79 Å². The highest BCUT2D eigenvalue weighted by molar-refractivity contribution is 6.31. The molecular weight excluding hydrogens is 287 g/mol. The van der Waals surface area contributed by atoms with Crippen LogP contribution in [0.1, 0.15) is 16.1 Å². The Morgan fingerprint density at radius 1 is 1.32 bits per heavy atom. The summed E-state index contributed by atoms with van der Waals surface area (Å²) in [6.45, 7) is 0.392. The van der Waals surface area contributed by atoms with Crippen molar-refractivity contribution in [3.05, 3.63) is 51.8 Å². The van der Waals surface area contributed by atoms with Gasteiger partial charge in [0.1, 0.15) is 5.69 Å². The number of hydrogen-bond donors (Lipinski definition) is 1. The first kappa shape index (κ1) is 13.8. The lowest BCUT2D eigenvalue weighted by molar-refractivity contribution is 0.0589. The zero-order chi connectivity index (χ0) is 14.0. The Bertz CT molecular complexity index is 623. The number of benzene rings is 1. The Kier molecular flexibility index (Phi) is 4.02. The van der Waals surface area contributed by atoms with Crippen molar-refractivity contribution in [1.82, 2.24) is 4.57 Å². The number of methoxy groups -OCH3 is 1. The molecule has 6 heteroatoms. The summed E-state index contributed by atoms with van der Waals surface area (Å²) in [6.07, 6.45) is 1.65. The van der Waals surface area contributed by atoms with Crippen molar-refractivity contribution < 1.29 is 9.53 Å². The Morgan fingerprint density at radius 3 is 2.74 bits per heavy atom. The van der Waals surface area contributed by atoms with Crippen molar-refractivity contribution in [3.8, 4) is 0 Å². The monoisotopic (exact) mass is 298 g/mol. The third-order valence-corrected chi connectivity index (χ3v) is 3.15. The number of esters is 1. The number of carbonyl (C=O) groups excluding carboxylic acids is 1. The molecule has 0 saturated carbocycles. The van der Waals surface area contributed by atoms with Gasteiger partial charge in [-0.25, -0.2) is 4.79 Å². The van der Waals surface area contributed by atoms with E-state index in [1.165, 1.54) is 7.11 Å². The third kappa shape index (κ3) is 3.03. The van der Waals surface area contributed by atoms with Crippen LogP contribution in [0.5, 0.6) is 0 Å². The van der Waals surface area contributed by atoms with Crippen LogP contribution in [0.3, 0.4) is 0 Å². The first-order chi connectivity index (χ1) is 9.01. The van der Waals surface area contributed by atoms with E-state index < -0.39 is 5.97 Å². The number of hydrogen-bond acceptors (Lipinski definition) is 3. The van der Waals surface area contributed by atoms with Crippen LogP contribution in [0, 0.1) is 0 Å². The summed E-state index contributed by atoms with van der Waals surface area (Å²) in [5, 5.41) is 1.04. The van der Waals surface area contributed by atoms with E-state index in [1.807, 2.05) is 0 Å². The van der Waals surface area contributed by atoms with Crippen molar-refractivity contribution in [3.63, 3.8) is 0 Å². The van der Waals surface area contributed by atoms with Gasteiger partial charge in [-0.1, -0.05) is 23.2 Å². The van der Waals surface area contributed by atoms with E-state index in [4.69, 9.17) is 33.7 Å². The number of anilines is 1. The minimum absolute atomic E-state index is 0.367. The topological polar surface area (TPSA) is 57.2 Å². The van der Waals surface area contributed by atoms with Gasteiger partial charge in [0.05, 0.1) is 12.1 Å². The summed E-state index contributed by atoms with van der Waals surface area (Å²) >= 11 is 11.9. The maximum atomic E-state index is 11.6. The number of ether oxygens (including phenoxy) is 1. The Balaban J connectivity index is 2.38. The fraction of sp³-hybridized carbons (Fsp3) is 0.154. The summed E-state index contributed by atoms with van der Waals surface area (Å²) in [6, 6.07) is 6.74. The minimum atomic E-state index is -0.451. The second-order valence-corrected chi connectivity index (χ2v) is 4.88. The average molecular weight is 299 g/mol. The lowest BCUT2D eigenvalue weighted by Gasteiger charge is -2.10. The first-order valence-electron chi connectivity index (χ1n) is 5.49. The van der Waals surface area contributed by atoms with E-state index in [2.05, 4.69) is 0 Å². The molecular formula is C13H12Cl2N2O2. The number of nitrogens with two attached hydrogens (primary N) is 1. The first-order valence-corrected chi connectivity index (χ1v) is 6.24. The van der Waals surface area contributed by atoms with Crippen LogP contribution in [0.15, 0.2) is 30.5 Å². The molecule has 19 heavy (non-hydrogen) atoms. The minimum Gasteiger partial charge on any atom is -0.464 e. The van der Waals surface area contributed by atoms with Crippen molar-refractivity contribution in [2.24, 2.45) is 0 Å². The summed E-state index contributed by atoms with van der Waals surface area (Å²) in [4.78, 5) is 11.6. The molecule has 2 aromatic rings. The molecule has 0 aliphatic carbocycles. The number of carbonyl (C=O) groups is 1. The largest absolute Gasteiger partial charge is 0.464 e. The zero-order valence-electron chi connectivity index (χ0n) is 10.2. The average Bonchev–Trinajstić information content (AvgIpc) is 2.74. The van der Waals surface area contributed by atoms with E-state index in [1.54, 1.807) is 35.0 Å². The fourth-order valence-electron chi connectivity index (χ4n) is 1.78. The number of nitrogens with zero attached hydrogens (tertiary/aromatic N) is 1. The number of halogens is 2. The Labute approximate surface area is 120 Å². The second-order valence-electron chi connectivity index (χ2n) is 4.01. The van der Waals surface area contributed by atoms with Gasteiger partial charge in [-0.2, -0.15) is 0 Å². The van der Waals surface area contributed by atoms with Crippen LogP contribution in [0.2, 0.25) is 10.0 Å². The molecule has 0 saturated heterocycles. The van der Waals surface area contributed by atoms with Gasteiger partial charge in [-0.05, 0) is 29.8 Å². The van der Waals surface area contributed by atoms with E-state index in [-0.39, 0.29) is 0 Å². The van der Waals surface area contributed by atoms with Crippen molar-refractivity contribution in [2.75, 3.05) is 12.8 Å². The Hall–Kier alpha value is -1.65. The molecule has 0 aliphatic rings. The molecule has 0 amide bonds. The van der Waals surface area contributed by atoms with Crippen LogP contribution in [0.25, 0.3) is 0 Å². The summed E-state index contributed by atoms with van der Waals surface area (Å²) in [7, 11) is 1.32. The number of aromatic nitrogens is 1. The quantitative estimate of drug-likeness (QED) is 0.699. The number of nitrogen functional groups attached to an aromatic ring is 1. The van der Waals surface area contributed by atoms with Gasteiger partial charge >= 0.3 is 5.97 Å².